The Hall–Kier alpha value is -2.02. The minimum Gasteiger partial charge on any atom is -0.467 e. The van der Waals surface area contributed by atoms with Crippen molar-refractivity contribution in [3.63, 3.8) is 0 Å². The number of methoxy groups -OCH3 is 1. The first-order valence-electron chi connectivity index (χ1n) is 7.09. The van der Waals surface area contributed by atoms with E-state index in [-0.39, 0.29) is 5.91 Å². The summed E-state index contributed by atoms with van der Waals surface area (Å²) in [6.07, 6.45) is 0. The van der Waals surface area contributed by atoms with Gasteiger partial charge < -0.3 is 14.4 Å². The zero-order valence-corrected chi connectivity index (χ0v) is 14.3. The maximum Gasteiger partial charge on any atom is 0.333 e. The van der Waals surface area contributed by atoms with Crippen LogP contribution < -0.4 is 0 Å². The maximum atomic E-state index is 12.9. The first kappa shape index (κ1) is 17.3. The number of benzene rings is 1. The Morgan fingerprint density at radius 1 is 1.17 bits per heavy atom. The molecule has 23 heavy (non-hydrogen) atoms. The van der Waals surface area contributed by atoms with Gasteiger partial charge in [-0.05, 0) is 26.0 Å². The lowest BCUT2D eigenvalue weighted by molar-refractivity contribution is -0.154. The van der Waals surface area contributed by atoms with E-state index in [9.17, 15) is 14.4 Å². The summed E-state index contributed by atoms with van der Waals surface area (Å²) in [6.45, 7) is 4.87. The molecule has 1 heterocycles. The minimum atomic E-state index is -0.989. The Labute approximate surface area is 139 Å². The van der Waals surface area contributed by atoms with E-state index in [2.05, 4.69) is 0 Å². The summed E-state index contributed by atoms with van der Waals surface area (Å²) in [5.74, 6) is -1.44. The molecule has 0 unspecified atom stereocenters. The predicted octanol–water partition coefficient (Wildman–Crippen LogP) is 2.04. The SMILES string of the molecule is COC(=O)[C@@H]1[C@@H](OC(C)=O)SC(C)(C)N1C(=O)c1ccccc1. The molecular weight excluding hydrogens is 318 g/mol. The van der Waals surface area contributed by atoms with Crippen LogP contribution in [0, 0.1) is 0 Å². The lowest BCUT2D eigenvalue weighted by atomic mass is 10.1. The third kappa shape index (κ3) is 3.50. The molecule has 1 aliphatic rings. The van der Waals surface area contributed by atoms with E-state index in [0.717, 1.165) is 0 Å². The van der Waals surface area contributed by atoms with Crippen molar-refractivity contribution in [1.29, 1.82) is 0 Å². The van der Waals surface area contributed by atoms with Gasteiger partial charge in [0.05, 0.1) is 12.0 Å². The van der Waals surface area contributed by atoms with Gasteiger partial charge >= 0.3 is 11.9 Å². The molecule has 0 aromatic heterocycles. The smallest absolute Gasteiger partial charge is 0.333 e. The fourth-order valence-corrected chi connectivity index (χ4v) is 3.97. The number of nitrogens with zero attached hydrogens (tertiary/aromatic N) is 1. The fraction of sp³-hybridized carbons (Fsp3) is 0.438. The number of ether oxygens (including phenoxy) is 2. The number of hydrogen-bond acceptors (Lipinski definition) is 6. The van der Waals surface area contributed by atoms with Gasteiger partial charge in [-0.1, -0.05) is 30.0 Å². The van der Waals surface area contributed by atoms with Crippen molar-refractivity contribution in [2.24, 2.45) is 0 Å². The van der Waals surface area contributed by atoms with Crippen LogP contribution in [0.25, 0.3) is 0 Å². The zero-order valence-electron chi connectivity index (χ0n) is 13.4. The fourth-order valence-electron chi connectivity index (χ4n) is 2.54. The van der Waals surface area contributed by atoms with Crippen molar-refractivity contribution in [3.05, 3.63) is 35.9 Å². The van der Waals surface area contributed by atoms with E-state index in [1.807, 2.05) is 0 Å². The standard InChI is InChI=1S/C16H19NO5S/c1-10(18)22-15-12(14(20)21-4)17(16(2,3)23-15)13(19)11-8-6-5-7-9-11/h5-9,12,15H,1-4H3/t12-,15+/m1/s1. The topological polar surface area (TPSA) is 72.9 Å². The third-order valence-corrected chi connectivity index (χ3v) is 4.84. The largest absolute Gasteiger partial charge is 0.467 e. The summed E-state index contributed by atoms with van der Waals surface area (Å²) in [6, 6.07) is 7.67. The van der Waals surface area contributed by atoms with Crippen molar-refractivity contribution in [2.45, 2.75) is 37.1 Å². The number of carbonyl (C=O) groups is 3. The van der Waals surface area contributed by atoms with E-state index in [1.54, 1.807) is 44.2 Å². The van der Waals surface area contributed by atoms with E-state index in [1.165, 1.54) is 30.7 Å². The summed E-state index contributed by atoms with van der Waals surface area (Å²) in [5, 5.41) is 0. The molecule has 0 saturated carbocycles. The molecule has 1 amide bonds. The van der Waals surface area contributed by atoms with Gasteiger partial charge in [-0.25, -0.2) is 4.79 Å². The van der Waals surface area contributed by atoms with Gasteiger partial charge in [0.2, 0.25) is 0 Å². The molecule has 2 rings (SSSR count). The molecule has 1 aliphatic heterocycles. The lowest BCUT2D eigenvalue weighted by Crippen LogP contribution is -2.52. The van der Waals surface area contributed by atoms with Gasteiger partial charge in [0, 0.05) is 12.5 Å². The Balaban J connectivity index is 2.42. The molecule has 7 heteroatoms. The highest BCUT2D eigenvalue weighted by Gasteiger charge is 2.55. The average Bonchev–Trinajstić information content (AvgIpc) is 2.76. The van der Waals surface area contributed by atoms with Crippen molar-refractivity contribution in [3.8, 4) is 0 Å². The highest BCUT2D eigenvalue weighted by Crippen LogP contribution is 2.45. The Bertz CT molecular complexity index is 616. The maximum absolute atomic E-state index is 12.9. The van der Waals surface area contributed by atoms with Gasteiger partial charge in [0.25, 0.3) is 5.91 Å². The molecule has 124 valence electrons. The molecular formula is C16H19NO5S. The number of thioether (sulfide) groups is 1. The van der Waals surface area contributed by atoms with Crippen LogP contribution in [0.2, 0.25) is 0 Å². The second-order valence-corrected chi connectivity index (χ2v) is 7.25. The molecule has 2 atom stereocenters. The molecule has 1 saturated heterocycles. The van der Waals surface area contributed by atoms with Gasteiger partial charge in [-0.3, -0.25) is 9.59 Å². The number of esters is 2. The van der Waals surface area contributed by atoms with Crippen molar-refractivity contribution >= 4 is 29.6 Å². The quantitative estimate of drug-likeness (QED) is 0.786. The summed E-state index contributed by atoms with van der Waals surface area (Å²) in [7, 11) is 1.24. The summed E-state index contributed by atoms with van der Waals surface area (Å²) < 4.78 is 10.0. The van der Waals surface area contributed by atoms with E-state index in [4.69, 9.17) is 9.47 Å². The van der Waals surface area contributed by atoms with Crippen LogP contribution in [0.3, 0.4) is 0 Å². The van der Waals surface area contributed by atoms with E-state index in [0.29, 0.717) is 5.56 Å². The minimum absolute atomic E-state index is 0.312. The molecule has 1 fully saturated rings. The van der Waals surface area contributed by atoms with Crippen molar-refractivity contribution in [1.82, 2.24) is 4.90 Å². The average molecular weight is 337 g/mol. The van der Waals surface area contributed by atoms with Crippen molar-refractivity contribution < 1.29 is 23.9 Å². The van der Waals surface area contributed by atoms with E-state index >= 15 is 0 Å². The van der Waals surface area contributed by atoms with Gasteiger partial charge in [0.15, 0.2) is 11.5 Å². The highest BCUT2D eigenvalue weighted by molar-refractivity contribution is 8.01. The Morgan fingerprint density at radius 2 is 1.78 bits per heavy atom. The van der Waals surface area contributed by atoms with Gasteiger partial charge in [-0.15, -0.1) is 0 Å². The second-order valence-electron chi connectivity index (χ2n) is 5.55. The van der Waals surface area contributed by atoms with Crippen LogP contribution in [0.15, 0.2) is 30.3 Å². The number of rotatable bonds is 3. The molecule has 1 aromatic rings. The predicted molar refractivity (Wildman–Crippen MR) is 85.6 cm³/mol. The van der Waals surface area contributed by atoms with E-state index < -0.39 is 28.3 Å². The van der Waals surface area contributed by atoms with Crippen LogP contribution in [-0.2, 0) is 19.1 Å². The van der Waals surface area contributed by atoms with Gasteiger partial charge in [-0.2, -0.15) is 0 Å². The van der Waals surface area contributed by atoms with Crippen LogP contribution >= 0.6 is 11.8 Å². The summed E-state index contributed by atoms with van der Waals surface area (Å²) in [4.78, 5) is 37.1. The molecule has 0 aliphatic carbocycles. The lowest BCUT2D eigenvalue weighted by Gasteiger charge is -2.33. The van der Waals surface area contributed by atoms with Crippen LogP contribution in [0.4, 0.5) is 0 Å². The van der Waals surface area contributed by atoms with Gasteiger partial charge in [0.1, 0.15) is 0 Å². The van der Waals surface area contributed by atoms with Crippen LogP contribution in [-0.4, -0.2) is 46.2 Å². The summed E-state index contributed by atoms with van der Waals surface area (Å²) in [5.41, 5.74) is -0.346. The molecule has 0 N–H and O–H groups in total. The molecule has 0 radical (unpaired) electrons. The monoisotopic (exact) mass is 337 g/mol. The highest BCUT2D eigenvalue weighted by atomic mass is 32.2. The Morgan fingerprint density at radius 3 is 2.30 bits per heavy atom. The van der Waals surface area contributed by atoms with Crippen LogP contribution in [0.1, 0.15) is 31.1 Å². The molecule has 0 spiro atoms. The van der Waals surface area contributed by atoms with Crippen LogP contribution in [0.5, 0.6) is 0 Å². The number of hydrogen-bond donors (Lipinski definition) is 0. The summed E-state index contributed by atoms with van der Waals surface area (Å²) >= 11 is 1.24. The first-order valence-corrected chi connectivity index (χ1v) is 7.97. The first-order chi connectivity index (χ1) is 10.8. The zero-order chi connectivity index (χ0) is 17.2. The normalized spacial score (nSPS) is 22.5. The molecule has 0 bridgehead atoms. The number of amides is 1. The second kappa shape index (κ2) is 6.62. The van der Waals surface area contributed by atoms with Crippen molar-refractivity contribution in [2.75, 3.05) is 7.11 Å². The third-order valence-electron chi connectivity index (χ3n) is 3.49. The molecule has 1 aromatic carbocycles. The number of carbonyl (C=O) groups excluding carboxylic acids is 3. The molecule has 6 nitrogen and oxygen atoms in total. The Kier molecular flexibility index (Phi) is 4.99.